The first-order valence-corrected chi connectivity index (χ1v) is 9.69. The van der Waals surface area contributed by atoms with Gasteiger partial charge in [0.2, 0.25) is 0 Å². The third kappa shape index (κ3) is 3.53. The van der Waals surface area contributed by atoms with Gasteiger partial charge in [0.15, 0.2) is 0 Å². The predicted molar refractivity (Wildman–Crippen MR) is 97.1 cm³/mol. The van der Waals surface area contributed by atoms with Gasteiger partial charge in [-0.15, -0.1) is 0 Å². The molecule has 25 heavy (non-hydrogen) atoms. The average Bonchev–Trinajstić information content (AvgIpc) is 3.32. The minimum absolute atomic E-state index is 0.00959. The minimum Gasteiger partial charge on any atom is -0.394 e. The number of rotatable bonds is 4. The topological polar surface area (TPSA) is 55.8 Å². The highest BCUT2D eigenvalue weighted by Gasteiger charge is 2.43. The van der Waals surface area contributed by atoms with Gasteiger partial charge >= 0.3 is 6.03 Å². The Kier molecular flexibility index (Phi) is 4.95. The van der Waals surface area contributed by atoms with Crippen LogP contribution < -0.4 is 5.32 Å². The maximum absolute atomic E-state index is 12.6. The van der Waals surface area contributed by atoms with Crippen molar-refractivity contribution in [2.24, 2.45) is 11.8 Å². The summed E-state index contributed by atoms with van der Waals surface area (Å²) in [5, 5.41) is 12.7. The lowest BCUT2D eigenvalue weighted by molar-refractivity contribution is 0.152. The van der Waals surface area contributed by atoms with Crippen LogP contribution in [0.5, 0.6) is 0 Å². The van der Waals surface area contributed by atoms with E-state index in [2.05, 4.69) is 40.5 Å². The summed E-state index contributed by atoms with van der Waals surface area (Å²) in [4.78, 5) is 17.0. The van der Waals surface area contributed by atoms with Crippen LogP contribution in [0.4, 0.5) is 4.79 Å². The molecule has 2 N–H and O–H groups in total. The number of carbonyl (C=O) groups excluding carboxylic acids is 1. The molecular weight excluding hydrogens is 314 g/mol. The van der Waals surface area contributed by atoms with Crippen molar-refractivity contribution in [2.45, 2.75) is 44.3 Å². The van der Waals surface area contributed by atoms with E-state index in [1.807, 2.05) is 4.90 Å². The summed E-state index contributed by atoms with van der Waals surface area (Å²) in [6.07, 6.45) is 4.23. The molecule has 1 saturated carbocycles. The van der Waals surface area contributed by atoms with Gasteiger partial charge in [0.1, 0.15) is 0 Å². The lowest BCUT2D eigenvalue weighted by Crippen LogP contribution is -2.49. The van der Waals surface area contributed by atoms with Crippen molar-refractivity contribution >= 4 is 6.03 Å². The smallest absolute Gasteiger partial charge is 0.317 e. The lowest BCUT2D eigenvalue weighted by atomic mass is 9.98. The van der Waals surface area contributed by atoms with E-state index in [4.69, 9.17) is 0 Å². The fourth-order valence-corrected chi connectivity index (χ4v) is 5.04. The van der Waals surface area contributed by atoms with Crippen molar-refractivity contribution in [3.63, 3.8) is 0 Å². The molecule has 1 aromatic rings. The zero-order valence-corrected chi connectivity index (χ0v) is 14.8. The second-order valence-corrected chi connectivity index (χ2v) is 7.91. The van der Waals surface area contributed by atoms with E-state index >= 15 is 0 Å². The Bertz CT molecular complexity index is 594. The van der Waals surface area contributed by atoms with Gasteiger partial charge < -0.3 is 15.3 Å². The van der Waals surface area contributed by atoms with E-state index in [9.17, 15) is 9.90 Å². The molecule has 0 aromatic heterocycles. The van der Waals surface area contributed by atoms with Crippen LogP contribution >= 0.6 is 0 Å². The zero-order valence-electron chi connectivity index (χ0n) is 14.8. The first-order chi connectivity index (χ1) is 12.2. The molecule has 1 aromatic carbocycles. The summed E-state index contributed by atoms with van der Waals surface area (Å²) in [6.45, 7) is 4.09. The Hall–Kier alpha value is -1.59. The highest BCUT2D eigenvalue weighted by molar-refractivity contribution is 5.75. The summed E-state index contributed by atoms with van der Waals surface area (Å²) in [5.74, 6) is 1.28. The molecule has 0 radical (unpaired) electrons. The highest BCUT2D eigenvalue weighted by atomic mass is 16.3. The Labute approximate surface area is 150 Å². The molecule has 5 heteroatoms. The van der Waals surface area contributed by atoms with E-state index in [0.717, 1.165) is 45.4 Å². The monoisotopic (exact) mass is 343 g/mol. The van der Waals surface area contributed by atoms with Crippen LogP contribution in [0.2, 0.25) is 0 Å². The zero-order chi connectivity index (χ0) is 17.2. The molecule has 2 heterocycles. The number of benzene rings is 1. The third-order valence-corrected chi connectivity index (χ3v) is 6.34. The van der Waals surface area contributed by atoms with Gasteiger partial charge in [0, 0.05) is 32.2 Å². The van der Waals surface area contributed by atoms with E-state index in [0.29, 0.717) is 17.9 Å². The van der Waals surface area contributed by atoms with Crippen LogP contribution in [0.1, 0.15) is 31.2 Å². The van der Waals surface area contributed by atoms with Gasteiger partial charge in [0.05, 0.1) is 12.6 Å². The number of aliphatic hydroxyl groups excluding tert-OH is 1. The number of amides is 2. The molecule has 4 rings (SSSR count). The fourth-order valence-electron chi connectivity index (χ4n) is 5.04. The summed E-state index contributed by atoms with van der Waals surface area (Å²) in [7, 11) is 0. The van der Waals surface area contributed by atoms with E-state index < -0.39 is 0 Å². The molecule has 0 unspecified atom stereocenters. The van der Waals surface area contributed by atoms with Crippen molar-refractivity contribution in [3.8, 4) is 0 Å². The van der Waals surface area contributed by atoms with Gasteiger partial charge in [-0.2, -0.15) is 0 Å². The van der Waals surface area contributed by atoms with Crippen LogP contribution in [-0.2, 0) is 6.54 Å². The van der Waals surface area contributed by atoms with Crippen LogP contribution in [0.25, 0.3) is 0 Å². The van der Waals surface area contributed by atoms with E-state index in [1.165, 1.54) is 12.0 Å². The van der Waals surface area contributed by atoms with Gasteiger partial charge in [0.25, 0.3) is 0 Å². The number of likely N-dealkylation sites (tertiary alicyclic amines) is 2. The van der Waals surface area contributed by atoms with Crippen LogP contribution in [0, 0.1) is 11.8 Å². The second kappa shape index (κ2) is 7.34. The summed E-state index contributed by atoms with van der Waals surface area (Å²) >= 11 is 0. The number of carbonyl (C=O) groups is 1. The van der Waals surface area contributed by atoms with Gasteiger partial charge in [-0.1, -0.05) is 30.3 Å². The Morgan fingerprint density at radius 1 is 1.16 bits per heavy atom. The first kappa shape index (κ1) is 16.9. The Morgan fingerprint density at radius 2 is 2.00 bits per heavy atom. The van der Waals surface area contributed by atoms with Crippen LogP contribution in [0.15, 0.2) is 30.3 Å². The van der Waals surface area contributed by atoms with Crippen molar-refractivity contribution in [2.75, 3.05) is 26.2 Å². The number of fused-ring (bicyclic) bond motifs is 1. The van der Waals surface area contributed by atoms with Gasteiger partial charge in [-0.25, -0.2) is 4.79 Å². The standard InChI is InChI=1S/C20H29N3O2/c24-14-17-7-4-10-23(17)20(25)21-19-9-8-16-12-22(13-18(16)19)11-15-5-2-1-3-6-15/h1-3,5-6,16-19,24H,4,7-14H2,(H,21,25)/t16-,17+,18+,19-/m1/s1. The largest absolute Gasteiger partial charge is 0.394 e. The first-order valence-electron chi connectivity index (χ1n) is 9.69. The number of nitrogens with one attached hydrogen (secondary N) is 1. The van der Waals surface area contributed by atoms with Crippen molar-refractivity contribution in [1.29, 1.82) is 0 Å². The van der Waals surface area contributed by atoms with Crippen LogP contribution in [-0.4, -0.2) is 59.3 Å². The maximum atomic E-state index is 12.6. The molecule has 2 saturated heterocycles. The van der Waals surface area contributed by atoms with Crippen LogP contribution in [0.3, 0.4) is 0 Å². The third-order valence-electron chi connectivity index (χ3n) is 6.34. The molecule has 5 nitrogen and oxygen atoms in total. The molecule has 2 aliphatic heterocycles. The normalized spacial score (nSPS) is 32.1. The molecule has 1 aliphatic carbocycles. The predicted octanol–water partition coefficient (Wildman–Crippen LogP) is 2.06. The lowest BCUT2D eigenvalue weighted by Gasteiger charge is -2.28. The fraction of sp³-hybridized carbons (Fsp3) is 0.650. The molecule has 0 spiro atoms. The molecular formula is C20H29N3O2. The number of urea groups is 1. The number of nitrogens with zero attached hydrogens (tertiary/aromatic N) is 2. The Balaban J connectivity index is 1.33. The van der Waals surface area contributed by atoms with E-state index in [1.54, 1.807) is 0 Å². The van der Waals surface area contributed by atoms with Gasteiger partial charge in [-0.05, 0) is 43.1 Å². The molecule has 4 atom stereocenters. The highest BCUT2D eigenvalue weighted by Crippen LogP contribution is 2.38. The molecule has 0 bridgehead atoms. The average molecular weight is 343 g/mol. The summed E-state index contributed by atoms with van der Waals surface area (Å²) in [6, 6.07) is 11.0. The van der Waals surface area contributed by atoms with Crippen molar-refractivity contribution < 1.29 is 9.90 Å². The quantitative estimate of drug-likeness (QED) is 0.880. The van der Waals surface area contributed by atoms with Crippen molar-refractivity contribution in [3.05, 3.63) is 35.9 Å². The molecule has 3 fully saturated rings. The SMILES string of the molecule is O=C(N[C@@H]1CC[C@@H]2CN(Cc3ccccc3)C[C@@H]21)N1CCC[C@H]1CO. The minimum atomic E-state index is 0.00959. The number of hydrogen-bond acceptors (Lipinski definition) is 3. The summed E-state index contributed by atoms with van der Waals surface area (Å²) in [5.41, 5.74) is 1.37. The summed E-state index contributed by atoms with van der Waals surface area (Å²) < 4.78 is 0. The number of hydrogen-bond donors (Lipinski definition) is 2. The molecule has 2 amide bonds. The Morgan fingerprint density at radius 3 is 2.80 bits per heavy atom. The second-order valence-electron chi connectivity index (χ2n) is 7.91. The van der Waals surface area contributed by atoms with Gasteiger partial charge in [-0.3, -0.25) is 4.90 Å². The number of aliphatic hydroxyl groups is 1. The maximum Gasteiger partial charge on any atom is 0.317 e. The van der Waals surface area contributed by atoms with E-state index in [-0.39, 0.29) is 18.7 Å². The van der Waals surface area contributed by atoms with Crippen molar-refractivity contribution in [1.82, 2.24) is 15.1 Å². The molecule has 3 aliphatic rings. The molecule has 136 valence electrons.